The van der Waals surface area contributed by atoms with Crippen molar-refractivity contribution in [2.45, 2.75) is 19.4 Å². The first-order chi connectivity index (χ1) is 8.78. The van der Waals surface area contributed by atoms with Crippen LogP contribution in [0.1, 0.15) is 30.0 Å². The zero-order valence-corrected chi connectivity index (χ0v) is 11.2. The van der Waals surface area contributed by atoms with Crippen LogP contribution >= 0.6 is 11.3 Å². The fraction of sp³-hybridized carbons (Fsp3) is 0.308. The van der Waals surface area contributed by atoms with Crippen molar-refractivity contribution >= 4 is 11.3 Å². The number of benzene rings is 1. The second kappa shape index (κ2) is 5.71. The molecule has 0 aliphatic heterocycles. The smallest absolute Gasteiger partial charge is 0.147 e. The Hall–Kier alpha value is -1.77. The van der Waals surface area contributed by atoms with Gasteiger partial charge in [-0.15, -0.1) is 10.2 Å². The van der Waals surface area contributed by atoms with E-state index >= 15 is 0 Å². The van der Waals surface area contributed by atoms with Crippen LogP contribution in [0.2, 0.25) is 0 Å². The van der Waals surface area contributed by atoms with E-state index in [9.17, 15) is 0 Å². The van der Waals surface area contributed by atoms with E-state index in [1.54, 1.807) is 23.5 Å². The molecule has 0 fully saturated rings. The number of hydrogen-bond donors (Lipinski definition) is 1. The van der Waals surface area contributed by atoms with Crippen LogP contribution in [0.4, 0.5) is 0 Å². The first kappa shape index (κ1) is 12.7. The van der Waals surface area contributed by atoms with Gasteiger partial charge >= 0.3 is 0 Å². The second-order valence-electron chi connectivity index (χ2n) is 3.88. The number of aromatic nitrogens is 2. The molecule has 18 heavy (non-hydrogen) atoms. The molecule has 1 unspecified atom stereocenters. The summed E-state index contributed by atoms with van der Waals surface area (Å²) in [6.45, 7) is 2.12. The van der Waals surface area contributed by atoms with Gasteiger partial charge in [-0.2, -0.15) is 5.26 Å². The third-order valence-corrected chi connectivity index (χ3v) is 3.84. The van der Waals surface area contributed by atoms with Gasteiger partial charge in [0.1, 0.15) is 10.0 Å². The molecular weight excluding hydrogens is 244 g/mol. The number of nitriles is 1. The Morgan fingerprint density at radius 3 is 2.61 bits per heavy atom. The van der Waals surface area contributed by atoms with E-state index in [-0.39, 0.29) is 6.04 Å². The molecular formula is C13H14N4S. The van der Waals surface area contributed by atoms with Gasteiger partial charge in [0.15, 0.2) is 0 Å². The maximum atomic E-state index is 8.76. The highest BCUT2D eigenvalue weighted by atomic mass is 32.1. The van der Waals surface area contributed by atoms with Gasteiger partial charge in [0.05, 0.1) is 17.7 Å². The minimum absolute atomic E-state index is 0.259. The van der Waals surface area contributed by atoms with Gasteiger partial charge in [0.2, 0.25) is 0 Å². The van der Waals surface area contributed by atoms with Crippen LogP contribution in [0, 0.1) is 11.3 Å². The molecule has 5 heteroatoms. The molecule has 1 atom stereocenters. The normalized spacial score (nSPS) is 12.1. The maximum Gasteiger partial charge on any atom is 0.147 e. The Morgan fingerprint density at radius 2 is 2.06 bits per heavy atom. The lowest BCUT2D eigenvalue weighted by Crippen LogP contribution is -2.14. The van der Waals surface area contributed by atoms with Crippen LogP contribution in [0.5, 0.6) is 0 Å². The predicted molar refractivity (Wildman–Crippen MR) is 72.2 cm³/mol. The summed E-state index contributed by atoms with van der Waals surface area (Å²) < 4.78 is 0. The molecule has 0 bridgehead atoms. The SMILES string of the molecule is CCC(NC)c1nnc(-c2ccc(C#N)cc2)s1. The molecule has 1 aromatic carbocycles. The van der Waals surface area contributed by atoms with Crippen LogP contribution in [0.3, 0.4) is 0 Å². The fourth-order valence-corrected chi connectivity index (χ4v) is 2.72. The lowest BCUT2D eigenvalue weighted by Gasteiger charge is -2.07. The lowest BCUT2D eigenvalue weighted by molar-refractivity contribution is 0.568. The quantitative estimate of drug-likeness (QED) is 0.916. The minimum Gasteiger partial charge on any atom is -0.311 e. The van der Waals surface area contributed by atoms with Crippen molar-refractivity contribution in [3.63, 3.8) is 0 Å². The third kappa shape index (κ3) is 2.55. The highest BCUT2D eigenvalue weighted by molar-refractivity contribution is 7.14. The molecule has 1 aromatic heterocycles. The van der Waals surface area contributed by atoms with Crippen molar-refractivity contribution in [1.29, 1.82) is 5.26 Å². The molecule has 0 radical (unpaired) electrons. The Morgan fingerprint density at radius 1 is 1.33 bits per heavy atom. The van der Waals surface area contributed by atoms with Crippen molar-refractivity contribution < 1.29 is 0 Å². The summed E-state index contributed by atoms with van der Waals surface area (Å²) in [6, 6.07) is 9.77. The summed E-state index contributed by atoms with van der Waals surface area (Å²) in [5.41, 5.74) is 1.66. The van der Waals surface area contributed by atoms with Crippen molar-refractivity contribution in [2.75, 3.05) is 7.05 Å². The first-order valence-electron chi connectivity index (χ1n) is 5.79. The Bertz CT molecular complexity index is 549. The maximum absolute atomic E-state index is 8.76. The molecule has 0 aliphatic rings. The summed E-state index contributed by atoms with van der Waals surface area (Å²) in [5, 5.41) is 22.3. The van der Waals surface area contributed by atoms with E-state index in [1.165, 1.54) is 0 Å². The number of nitrogens with one attached hydrogen (secondary N) is 1. The third-order valence-electron chi connectivity index (χ3n) is 2.76. The molecule has 0 saturated carbocycles. The topological polar surface area (TPSA) is 61.6 Å². The molecule has 2 rings (SSSR count). The summed E-state index contributed by atoms with van der Waals surface area (Å²) in [4.78, 5) is 0. The summed E-state index contributed by atoms with van der Waals surface area (Å²) in [5.74, 6) is 0. The molecule has 0 saturated heterocycles. The lowest BCUT2D eigenvalue weighted by atomic mass is 10.2. The van der Waals surface area contributed by atoms with Crippen LogP contribution in [-0.4, -0.2) is 17.2 Å². The standard InChI is InChI=1S/C13H14N4S/c1-3-11(15-2)13-17-16-12(18-13)10-6-4-9(8-14)5-7-10/h4-7,11,15H,3H2,1-2H3. The van der Waals surface area contributed by atoms with E-state index in [0.717, 1.165) is 22.0 Å². The van der Waals surface area contributed by atoms with Gasteiger partial charge in [-0.3, -0.25) is 0 Å². The highest BCUT2D eigenvalue weighted by Gasteiger charge is 2.13. The number of rotatable bonds is 4. The van der Waals surface area contributed by atoms with Crippen molar-refractivity contribution in [2.24, 2.45) is 0 Å². The first-order valence-corrected chi connectivity index (χ1v) is 6.61. The molecule has 4 nitrogen and oxygen atoms in total. The summed E-state index contributed by atoms with van der Waals surface area (Å²) in [6.07, 6.45) is 0.985. The van der Waals surface area contributed by atoms with E-state index in [4.69, 9.17) is 5.26 Å². The van der Waals surface area contributed by atoms with Gasteiger partial charge in [-0.1, -0.05) is 30.4 Å². The molecule has 1 heterocycles. The largest absolute Gasteiger partial charge is 0.311 e. The minimum atomic E-state index is 0.259. The van der Waals surface area contributed by atoms with Crippen LogP contribution in [-0.2, 0) is 0 Å². The molecule has 0 spiro atoms. The Kier molecular flexibility index (Phi) is 4.03. The van der Waals surface area contributed by atoms with Crippen molar-refractivity contribution in [3.05, 3.63) is 34.8 Å². The number of hydrogen-bond acceptors (Lipinski definition) is 5. The van der Waals surface area contributed by atoms with Crippen molar-refractivity contribution in [1.82, 2.24) is 15.5 Å². The average Bonchev–Trinajstić information content (AvgIpc) is 2.90. The van der Waals surface area contributed by atoms with Gasteiger partial charge in [0, 0.05) is 5.56 Å². The zero-order valence-electron chi connectivity index (χ0n) is 10.3. The molecule has 0 amide bonds. The van der Waals surface area contributed by atoms with Crippen LogP contribution in [0.15, 0.2) is 24.3 Å². The molecule has 1 N–H and O–H groups in total. The summed E-state index contributed by atoms with van der Waals surface area (Å²) >= 11 is 1.59. The fourth-order valence-electron chi connectivity index (χ4n) is 1.68. The van der Waals surface area contributed by atoms with Crippen molar-refractivity contribution in [3.8, 4) is 16.6 Å². The van der Waals surface area contributed by atoms with Gasteiger partial charge in [-0.25, -0.2) is 0 Å². The second-order valence-corrected chi connectivity index (χ2v) is 4.89. The van der Waals surface area contributed by atoms with E-state index in [1.807, 2.05) is 19.2 Å². The number of nitrogens with zero attached hydrogens (tertiary/aromatic N) is 3. The van der Waals surface area contributed by atoms with Crippen LogP contribution < -0.4 is 5.32 Å². The molecule has 2 aromatic rings. The van der Waals surface area contributed by atoms with Crippen LogP contribution in [0.25, 0.3) is 10.6 Å². The molecule has 0 aliphatic carbocycles. The Balaban J connectivity index is 2.26. The van der Waals surface area contributed by atoms with Gasteiger partial charge in [-0.05, 0) is 25.6 Å². The Labute approximate surface area is 110 Å². The highest BCUT2D eigenvalue weighted by Crippen LogP contribution is 2.27. The zero-order chi connectivity index (χ0) is 13.0. The monoisotopic (exact) mass is 258 g/mol. The van der Waals surface area contributed by atoms with E-state index in [0.29, 0.717) is 5.56 Å². The van der Waals surface area contributed by atoms with Gasteiger partial charge < -0.3 is 5.32 Å². The summed E-state index contributed by atoms with van der Waals surface area (Å²) in [7, 11) is 1.93. The van der Waals surface area contributed by atoms with E-state index < -0.39 is 0 Å². The van der Waals surface area contributed by atoms with Gasteiger partial charge in [0.25, 0.3) is 0 Å². The predicted octanol–water partition coefficient (Wildman–Crippen LogP) is 2.75. The van der Waals surface area contributed by atoms with E-state index in [2.05, 4.69) is 28.5 Å². The molecule has 92 valence electrons. The average molecular weight is 258 g/mol.